The van der Waals surface area contributed by atoms with Crippen molar-refractivity contribution in [2.45, 2.75) is 32.7 Å². The SMILES string of the molecule is C=C[Si](C)(C)O[Si](O[Si](C)(C)C=C)(O[Si](C)(c1ccccc1)c1ccccc1)c1ccccc1. The van der Waals surface area contributed by atoms with Crippen LogP contribution < -0.4 is 15.6 Å². The van der Waals surface area contributed by atoms with Crippen LogP contribution in [0.15, 0.2) is 116 Å². The second-order valence-corrected chi connectivity index (χ2v) is 24.2. The highest BCUT2D eigenvalue weighted by atomic mass is 28.5. The van der Waals surface area contributed by atoms with Gasteiger partial charge in [-0.3, -0.25) is 0 Å². The molecule has 3 rings (SSSR count). The summed E-state index contributed by atoms with van der Waals surface area (Å²) < 4.78 is 21.6. The molecule has 0 aliphatic rings. The summed E-state index contributed by atoms with van der Waals surface area (Å²) in [6.07, 6.45) is 0. The molecular formula is C27H36O3Si4. The van der Waals surface area contributed by atoms with E-state index < -0.39 is 33.8 Å². The van der Waals surface area contributed by atoms with Crippen molar-refractivity contribution in [1.82, 2.24) is 0 Å². The Kier molecular flexibility index (Phi) is 8.30. The fourth-order valence-electron chi connectivity index (χ4n) is 3.72. The average molecular weight is 521 g/mol. The van der Waals surface area contributed by atoms with Gasteiger partial charge in [-0.2, -0.15) is 0 Å². The third-order valence-corrected chi connectivity index (χ3v) is 20.8. The van der Waals surface area contributed by atoms with Crippen LogP contribution in [0.25, 0.3) is 0 Å². The third-order valence-electron chi connectivity index (χ3n) is 5.89. The maximum absolute atomic E-state index is 7.47. The minimum absolute atomic E-state index is 0.977. The molecule has 3 nitrogen and oxygen atoms in total. The van der Waals surface area contributed by atoms with Crippen LogP contribution in [-0.4, -0.2) is 33.8 Å². The minimum Gasteiger partial charge on any atom is -0.409 e. The Morgan fingerprint density at radius 3 is 1.15 bits per heavy atom. The van der Waals surface area contributed by atoms with Gasteiger partial charge in [-0.05, 0) is 43.1 Å². The van der Waals surface area contributed by atoms with E-state index in [9.17, 15) is 0 Å². The van der Waals surface area contributed by atoms with Crippen LogP contribution in [0.2, 0.25) is 32.7 Å². The minimum atomic E-state index is -3.44. The van der Waals surface area contributed by atoms with E-state index in [1.54, 1.807) is 0 Å². The van der Waals surface area contributed by atoms with Gasteiger partial charge < -0.3 is 12.3 Å². The molecule has 7 heteroatoms. The molecule has 0 amide bonds. The van der Waals surface area contributed by atoms with Gasteiger partial charge in [0.25, 0.3) is 0 Å². The van der Waals surface area contributed by atoms with E-state index >= 15 is 0 Å². The third kappa shape index (κ3) is 6.11. The van der Waals surface area contributed by atoms with Crippen LogP contribution in [0.3, 0.4) is 0 Å². The molecule has 0 heterocycles. The molecule has 0 N–H and O–H groups in total. The standard InChI is InChI=1S/C27H36O3Si4/c1-8-31(3,4)28-34(29-32(5,6)9-2,27-23-17-12-18-24-27)30-33(7,25-19-13-10-14-20-25)26-21-15-11-16-22-26/h8-24H,1-2H2,3-7H3. The first-order valence-corrected chi connectivity index (χ1v) is 21.7. The Labute approximate surface area is 209 Å². The van der Waals surface area contributed by atoms with Gasteiger partial charge in [0.05, 0.1) is 0 Å². The molecule has 0 radical (unpaired) electrons. The first-order chi connectivity index (χ1) is 16.1. The number of hydrogen-bond acceptors (Lipinski definition) is 3. The predicted octanol–water partition coefficient (Wildman–Crippen LogP) is 5.13. The maximum Gasteiger partial charge on any atom is 0.506 e. The molecular weight excluding hydrogens is 485 g/mol. The molecule has 3 aromatic rings. The first-order valence-electron chi connectivity index (χ1n) is 11.6. The van der Waals surface area contributed by atoms with Gasteiger partial charge in [0, 0.05) is 5.19 Å². The van der Waals surface area contributed by atoms with Gasteiger partial charge in [0.15, 0.2) is 0 Å². The van der Waals surface area contributed by atoms with Gasteiger partial charge >= 0.3 is 8.80 Å². The quantitative estimate of drug-likeness (QED) is 0.328. The van der Waals surface area contributed by atoms with Crippen molar-refractivity contribution in [2.24, 2.45) is 0 Å². The van der Waals surface area contributed by atoms with Crippen molar-refractivity contribution in [3.05, 3.63) is 116 Å². The largest absolute Gasteiger partial charge is 0.506 e. The summed E-state index contributed by atoms with van der Waals surface area (Å²) in [6, 6.07) is 31.3. The molecule has 178 valence electrons. The van der Waals surface area contributed by atoms with Gasteiger partial charge in [0.1, 0.15) is 0 Å². The number of hydrogen-bond donors (Lipinski definition) is 0. The summed E-state index contributed by atoms with van der Waals surface area (Å²) in [5, 5.41) is 3.33. The normalized spacial score (nSPS) is 12.9. The Morgan fingerprint density at radius 1 is 0.500 bits per heavy atom. The summed E-state index contributed by atoms with van der Waals surface area (Å²) >= 11 is 0. The van der Waals surface area contributed by atoms with Gasteiger partial charge in [-0.15, -0.1) is 13.2 Å². The molecule has 0 saturated carbocycles. The van der Waals surface area contributed by atoms with Crippen LogP contribution in [-0.2, 0) is 12.3 Å². The second kappa shape index (κ2) is 10.7. The van der Waals surface area contributed by atoms with E-state index in [1.807, 2.05) is 41.7 Å². The lowest BCUT2D eigenvalue weighted by Crippen LogP contribution is -2.73. The van der Waals surface area contributed by atoms with Crippen molar-refractivity contribution in [2.75, 3.05) is 0 Å². The number of rotatable bonds is 11. The van der Waals surface area contributed by atoms with E-state index in [0.29, 0.717) is 0 Å². The van der Waals surface area contributed by atoms with Gasteiger partial charge in [0.2, 0.25) is 25.0 Å². The summed E-state index contributed by atoms with van der Waals surface area (Å²) in [7, 11) is -10.8. The summed E-state index contributed by atoms with van der Waals surface area (Å²) in [6.45, 7) is 19.0. The smallest absolute Gasteiger partial charge is 0.409 e. The molecule has 0 fully saturated rings. The Bertz CT molecular complexity index is 1030. The topological polar surface area (TPSA) is 27.7 Å². The molecule has 0 saturated heterocycles. The zero-order valence-corrected chi connectivity index (χ0v) is 25.0. The molecule has 0 spiro atoms. The highest BCUT2D eigenvalue weighted by Crippen LogP contribution is 2.27. The molecule has 0 aromatic heterocycles. The van der Waals surface area contributed by atoms with Crippen LogP contribution >= 0.6 is 0 Å². The fourth-order valence-corrected chi connectivity index (χ4v) is 18.7. The molecule has 0 bridgehead atoms. The van der Waals surface area contributed by atoms with E-state index in [0.717, 1.165) is 5.19 Å². The summed E-state index contributed by atoms with van der Waals surface area (Å²) in [5.41, 5.74) is 3.91. The molecule has 0 unspecified atom stereocenters. The highest BCUT2D eigenvalue weighted by Gasteiger charge is 2.55. The van der Waals surface area contributed by atoms with Crippen molar-refractivity contribution in [3.63, 3.8) is 0 Å². The lowest BCUT2D eigenvalue weighted by molar-refractivity contribution is 0.278. The zero-order valence-electron chi connectivity index (χ0n) is 21.0. The van der Waals surface area contributed by atoms with Gasteiger partial charge in [-0.25, -0.2) is 0 Å². The van der Waals surface area contributed by atoms with Crippen molar-refractivity contribution in [1.29, 1.82) is 0 Å². The first kappa shape index (κ1) is 26.5. The van der Waals surface area contributed by atoms with E-state index in [-0.39, 0.29) is 0 Å². The number of benzene rings is 3. The second-order valence-electron chi connectivity index (χ2n) is 9.61. The van der Waals surface area contributed by atoms with E-state index in [4.69, 9.17) is 12.3 Å². The fraction of sp³-hybridized carbons (Fsp3) is 0.185. The lowest BCUT2D eigenvalue weighted by Gasteiger charge is -2.44. The average Bonchev–Trinajstić information content (AvgIpc) is 2.85. The summed E-state index contributed by atoms with van der Waals surface area (Å²) in [4.78, 5) is 0. The molecule has 0 atom stereocenters. The predicted molar refractivity (Wildman–Crippen MR) is 154 cm³/mol. The Morgan fingerprint density at radius 2 is 0.824 bits per heavy atom. The van der Waals surface area contributed by atoms with Crippen LogP contribution in [0, 0.1) is 0 Å². The molecule has 3 aromatic carbocycles. The summed E-state index contributed by atoms with van der Waals surface area (Å²) in [5.74, 6) is 0. The Balaban J connectivity index is 2.30. The lowest BCUT2D eigenvalue weighted by atomic mass is 10.4. The maximum atomic E-state index is 7.47. The van der Waals surface area contributed by atoms with Crippen LogP contribution in [0.4, 0.5) is 0 Å². The van der Waals surface area contributed by atoms with Crippen molar-refractivity contribution in [3.8, 4) is 0 Å². The Hall–Kier alpha value is -2.11. The van der Waals surface area contributed by atoms with Crippen LogP contribution in [0.1, 0.15) is 0 Å². The molecule has 0 aliphatic carbocycles. The van der Waals surface area contributed by atoms with Crippen molar-refractivity contribution < 1.29 is 12.3 Å². The molecule has 34 heavy (non-hydrogen) atoms. The zero-order chi connectivity index (χ0) is 24.9. The van der Waals surface area contributed by atoms with Gasteiger partial charge in [-0.1, -0.05) is 102 Å². The van der Waals surface area contributed by atoms with E-state index in [2.05, 4.69) is 107 Å². The monoisotopic (exact) mass is 520 g/mol. The van der Waals surface area contributed by atoms with Crippen molar-refractivity contribution >= 4 is 49.3 Å². The molecule has 0 aliphatic heterocycles. The highest BCUT2D eigenvalue weighted by molar-refractivity contribution is 7.05. The van der Waals surface area contributed by atoms with E-state index in [1.165, 1.54) is 10.4 Å². The van der Waals surface area contributed by atoms with Crippen LogP contribution in [0.5, 0.6) is 0 Å².